The van der Waals surface area contributed by atoms with Gasteiger partial charge in [0.15, 0.2) is 6.04 Å². The van der Waals surface area contributed by atoms with Crippen LogP contribution < -0.4 is 0 Å². The minimum absolute atomic E-state index is 0.0408. The summed E-state index contributed by atoms with van der Waals surface area (Å²) in [7, 11) is 0. The van der Waals surface area contributed by atoms with Gasteiger partial charge in [0.2, 0.25) is 5.91 Å². The molecule has 1 amide bonds. The van der Waals surface area contributed by atoms with Gasteiger partial charge in [0.05, 0.1) is 11.6 Å². The number of carbonyl (C=O) groups excluding carboxylic acids is 1. The number of benzene rings is 1. The molecule has 20 heavy (non-hydrogen) atoms. The van der Waals surface area contributed by atoms with Gasteiger partial charge in [-0.05, 0) is 24.5 Å². The Morgan fingerprint density at radius 3 is 2.95 bits per heavy atom. The second kappa shape index (κ2) is 3.85. The lowest BCUT2D eigenvalue weighted by atomic mass is 9.81. The quantitative estimate of drug-likeness (QED) is 0.832. The first-order valence-corrected chi connectivity index (χ1v) is 6.82. The molecule has 1 aromatic carbocycles. The molecule has 2 aliphatic heterocycles. The fraction of sp³-hybridized carbons (Fsp3) is 0.333. The van der Waals surface area contributed by atoms with Gasteiger partial charge in [0.1, 0.15) is 0 Å². The van der Waals surface area contributed by atoms with Gasteiger partial charge in [0.25, 0.3) is 0 Å². The van der Waals surface area contributed by atoms with Crippen molar-refractivity contribution in [2.75, 3.05) is 6.54 Å². The second-order valence-electron chi connectivity index (χ2n) is 5.47. The minimum atomic E-state index is -0.966. The highest BCUT2D eigenvalue weighted by Crippen LogP contribution is 2.45. The van der Waals surface area contributed by atoms with Crippen LogP contribution in [0.4, 0.5) is 0 Å². The van der Waals surface area contributed by atoms with Gasteiger partial charge in [-0.3, -0.25) is 4.79 Å². The maximum Gasteiger partial charge on any atom is 0.332 e. The van der Waals surface area contributed by atoms with Crippen molar-refractivity contribution in [3.8, 4) is 0 Å². The van der Waals surface area contributed by atoms with Gasteiger partial charge in [-0.2, -0.15) is 0 Å². The molecule has 0 aliphatic carbocycles. The maximum absolute atomic E-state index is 12.5. The molecule has 2 unspecified atom stereocenters. The highest BCUT2D eigenvalue weighted by Gasteiger charge is 2.46. The van der Waals surface area contributed by atoms with Crippen molar-refractivity contribution in [1.82, 2.24) is 9.88 Å². The summed E-state index contributed by atoms with van der Waals surface area (Å²) in [6, 6.07) is 6.85. The Bertz CT molecular complexity index is 734. The molecule has 2 aliphatic rings. The number of amides is 1. The van der Waals surface area contributed by atoms with Gasteiger partial charge in [-0.15, -0.1) is 0 Å². The fourth-order valence-electron chi connectivity index (χ4n) is 3.61. The van der Waals surface area contributed by atoms with Crippen LogP contribution in [-0.2, 0) is 9.59 Å². The average Bonchev–Trinajstić information content (AvgIpc) is 2.77. The van der Waals surface area contributed by atoms with E-state index < -0.39 is 12.0 Å². The van der Waals surface area contributed by atoms with Crippen LogP contribution >= 0.6 is 0 Å². The number of aromatic amines is 1. The average molecular weight is 270 g/mol. The van der Waals surface area contributed by atoms with E-state index in [1.807, 2.05) is 24.3 Å². The number of carboxylic acids is 1. The third kappa shape index (κ3) is 1.32. The Balaban J connectivity index is 2.05. The molecule has 2 bridgehead atoms. The first kappa shape index (κ1) is 11.5. The zero-order valence-corrected chi connectivity index (χ0v) is 10.8. The molecule has 0 saturated carbocycles. The molecule has 5 nitrogen and oxygen atoms in total. The standard InChI is InChI=1S/C15H14N2O3/c18-14-9-5-3-7-17(14)13(15(19)20)12-11(9)8-4-1-2-6-10(8)16-12/h1-2,4,6,9,13,16H,3,5,7H2,(H,19,20). The van der Waals surface area contributed by atoms with Crippen molar-refractivity contribution in [1.29, 1.82) is 0 Å². The van der Waals surface area contributed by atoms with Gasteiger partial charge in [-0.1, -0.05) is 18.2 Å². The zero-order chi connectivity index (χ0) is 13.9. The van der Waals surface area contributed by atoms with Gasteiger partial charge in [-0.25, -0.2) is 4.79 Å². The topological polar surface area (TPSA) is 73.4 Å². The van der Waals surface area contributed by atoms with E-state index in [-0.39, 0.29) is 11.8 Å². The molecule has 102 valence electrons. The van der Waals surface area contributed by atoms with Crippen LogP contribution in [0.3, 0.4) is 0 Å². The maximum atomic E-state index is 12.5. The molecule has 0 spiro atoms. The number of carboxylic acid groups (broad SMARTS) is 1. The first-order valence-electron chi connectivity index (χ1n) is 6.82. The molecule has 2 N–H and O–H groups in total. The summed E-state index contributed by atoms with van der Waals surface area (Å²) in [5.41, 5.74) is 2.49. The van der Waals surface area contributed by atoms with Gasteiger partial charge >= 0.3 is 5.97 Å². The predicted octanol–water partition coefficient (Wildman–Crippen LogP) is 2.01. The smallest absolute Gasteiger partial charge is 0.332 e. The van der Waals surface area contributed by atoms with Crippen molar-refractivity contribution >= 4 is 22.8 Å². The Kier molecular flexibility index (Phi) is 2.22. The number of rotatable bonds is 1. The highest BCUT2D eigenvalue weighted by atomic mass is 16.4. The largest absolute Gasteiger partial charge is 0.479 e. The zero-order valence-electron chi connectivity index (χ0n) is 10.8. The van der Waals surface area contributed by atoms with Crippen LogP contribution in [0.1, 0.15) is 36.1 Å². The van der Waals surface area contributed by atoms with E-state index in [0.717, 1.165) is 29.3 Å². The van der Waals surface area contributed by atoms with Gasteiger partial charge in [0, 0.05) is 17.4 Å². The highest BCUT2D eigenvalue weighted by molar-refractivity contribution is 5.99. The van der Waals surface area contributed by atoms with E-state index in [1.165, 1.54) is 4.90 Å². The van der Waals surface area contributed by atoms with Crippen molar-refractivity contribution in [2.45, 2.75) is 24.8 Å². The van der Waals surface area contributed by atoms with E-state index in [1.54, 1.807) is 0 Å². The minimum Gasteiger partial charge on any atom is -0.479 e. The number of nitrogens with zero attached hydrogens (tertiary/aromatic N) is 1. The number of hydrogen-bond acceptors (Lipinski definition) is 2. The Hall–Kier alpha value is -2.30. The first-order chi connectivity index (χ1) is 9.68. The number of fused-ring (bicyclic) bond motifs is 6. The monoisotopic (exact) mass is 270 g/mol. The number of carbonyl (C=O) groups is 2. The summed E-state index contributed by atoms with van der Waals surface area (Å²) < 4.78 is 0. The van der Waals surface area contributed by atoms with Crippen molar-refractivity contribution in [2.24, 2.45) is 0 Å². The fourth-order valence-corrected chi connectivity index (χ4v) is 3.61. The summed E-state index contributed by atoms with van der Waals surface area (Å²) in [6.07, 6.45) is 1.66. The Labute approximate surface area is 115 Å². The second-order valence-corrected chi connectivity index (χ2v) is 5.47. The number of nitrogens with one attached hydrogen (secondary N) is 1. The third-order valence-corrected chi connectivity index (χ3v) is 4.42. The summed E-state index contributed by atoms with van der Waals surface area (Å²) in [4.78, 5) is 28.8. The van der Waals surface area contributed by atoms with Gasteiger partial charge < -0.3 is 15.0 Å². The summed E-state index contributed by atoms with van der Waals surface area (Å²) in [5, 5.41) is 10.5. The van der Waals surface area contributed by atoms with Crippen LogP contribution in [0.25, 0.3) is 10.9 Å². The summed E-state index contributed by atoms with van der Waals surface area (Å²) >= 11 is 0. The van der Waals surface area contributed by atoms with Crippen molar-refractivity contribution < 1.29 is 14.7 Å². The van der Waals surface area contributed by atoms with E-state index in [2.05, 4.69) is 4.98 Å². The van der Waals surface area contributed by atoms with Crippen LogP contribution in [0.2, 0.25) is 0 Å². The van der Waals surface area contributed by atoms with E-state index in [4.69, 9.17) is 0 Å². The Morgan fingerprint density at radius 1 is 1.35 bits per heavy atom. The van der Waals surface area contributed by atoms with Crippen LogP contribution in [-0.4, -0.2) is 33.4 Å². The Morgan fingerprint density at radius 2 is 2.15 bits per heavy atom. The molecule has 3 heterocycles. The molecule has 0 radical (unpaired) electrons. The lowest BCUT2D eigenvalue weighted by molar-refractivity contribution is -0.154. The summed E-state index contributed by atoms with van der Waals surface area (Å²) in [6.45, 7) is 0.529. The van der Waals surface area contributed by atoms with E-state index >= 15 is 0 Å². The third-order valence-electron chi connectivity index (χ3n) is 4.42. The molecule has 5 heteroatoms. The molecule has 2 aromatic rings. The van der Waals surface area contributed by atoms with Crippen LogP contribution in [0.15, 0.2) is 24.3 Å². The number of H-pyrrole nitrogens is 1. The number of para-hydroxylation sites is 1. The van der Waals surface area contributed by atoms with Crippen molar-refractivity contribution in [3.05, 3.63) is 35.5 Å². The molecule has 1 saturated heterocycles. The number of hydrogen-bond donors (Lipinski definition) is 2. The normalized spacial score (nSPS) is 24.8. The van der Waals surface area contributed by atoms with Crippen LogP contribution in [0, 0.1) is 0 Å². The molecule has 2 atom stereocenters. The van der Waals surface area contributed by atoms with E-state index in [9.17, 15) is 14.7 Å². The lowest BCUT2D eigenvalue weighted by Gasteiger charge is -2.40. The molecular formula is C15H14N2O3. The van der Waals surface area contributed by atoms with Crippen molar-refractivity contribution in [3.63, 3.8) is 0 Å². The van der Waals surface area contributed by atoms with Crippen LogP contribution in [0.5, 0.6) is 0 Å². The SMILES string of the molecule is O=C(O)C1c2[nH]c3ccccc3c2C2CCCN1C2=O. The molecule has 1 aromatic heterocycles. The molecule has 1 fully saturated rings. The molecular weight excluding hydrogens is 256 g/mol. The molecule has 4 rings (SSSR count). The number of aromatic nitrogens is 1. The number of piperidine rings is 1. The summed E-state index contributed by atoms with van der Waals surface area (Å²) in [5.74, 6) is -1.20. The number of aliphatic carboxylic acids is 1. The lowest BCUT2D eigenvalue weighted by Crippen LogP contribution is -2.49. The predicted molar refractivity (Wildman–Crippen MR) is 72.4 cm³/mol. The van der Waals surface area contributed by atoms with E-state index in [0.29, 0.717) is 12.2 Å².